The first-order valence-electron chi connectivity index (χ1n) is 12.6. The predicted octanol–water partition coefficient (Wildman–Crippen LogP) is 4.09. The number of hydrogen-bond donors (Lipinski definition) is 3. The summed E-state index contributed by atoms with van der Waals surface area (Å²) in [4.78, 5) is 41.1. The van der Waals surface area contributed by atoms with Crippen molar-refractivity contribution in [3.63, 3.8) is 0 Å². The van der Waals surface area contributed by atoms with E-state index >= 15 is 0 Å². The number of alkyl carbamates (subject to hydrolysis) is 1. The number of aryl methyl sites for hydroxylation is 1. The molecule has 3 N–H and O–H groups in total. The second-order valence-electron chi connectivity index (χ2n) is 10.8. The molecule has 0 bridgehead atoms. The molecule has 2 unspecified atom stereocenters. The average molecular weight is 501 g/mol. The van der Waals surface area contributed by atoms with Gasteiger partial charge in [0.15, 0.2) is 0 Å². The highest BCUT2D eigenvalue weighted by Crippen LogP contribution is 2.33. The molecule has 2 rings (SSSR count). The predicted molar refractivity (Wildman–Crippen MR) is 136 cm³/mol. The molecule has 2 atom stereocenters. The van der Waals surface area contributed by atoms with E-state index in [1.807, 2.05) is 6.07 Å². The first kappa shape index (κ1) is 29.0. The molecule has 9 nitrogen and oxygen atoms in total. The highest BCUT2D eigenvalue weighted by atomic mass is 16.6. The number of nitrogens with one attached hydrogen (secondary N) is 2. The Balaban J connectivity index is 2.47. The van der Waals surface area contributed by atoms with Crippen molar-refractivity contribution in [2.45, 2.75) is 97.4 Å². The van der Waals surface area contributed by atoms with E-state index in [0.29, 0.717) is 5.56 Å². The summed E-state index contributed by atoms with van der Waals surface area (Å²) in [6, 6.07) is 4.61. The second-order valence-corrected chi connectivity index (χ2v) is 10.8. The molecule has 1 saturated carbocycles. The third-order valence-corrected chi connectivity index (χ3v) is 6.20. The summed E-state index contributed by atoms with van der Waals surface area (Å²) in [7, 11) is 0. The molecule has 36 heavy (non-hydrogen) atoms. The Morgan fingerprint density at radius 1 is 1.19 bits per heavy atom. The lowest BCUT2D eigenvalue weighted by atomic mass is 9.93. The van der Waals surface area contributed by atoms with Gasteiger partial charge in [0.1, 0.15) is 30.0 Å². The topological polar surface area (TPSA) is 132 Å². The zero-order valence-corrected chi connectivity index (χ0v) is 22.3. The molecule has 9 heteroatoms. The van der Waals surface area contributed by atoms with Crippen LogP contribution in [0.1, 0.15) is 83.9 Å². The van der Waals surface area contributed by atoms with Crippen LogP contribution in [0.3, 0.4) is 0 Å². The zero-order valence-electron chi connectivity index (χ0n) is 22.3. The molecular formula is C27H40N4O5. The number of carbonyl (C=O) groups excluding carboxylic acids is 3. The molecule has 1 aliphatic carbocycles. The van der Waals surface area contributed by atoms with Gasteiger partial charge in [-0.2, -0.15) is 5.26 Å². The average Bonchev–Trinajstić information content (AvgIpc) is 2.78. The molecule has 0 saturated heterocycles. The maximum Gasteiger partial charge on any atom is 0.408 e. The maximum atomic E-state index is 13.8. The Kier molecular flexibility index (Phi) is 10.1. The summed E-state index contributed by atoms with van der Waals surface area (Å²) in [5.74, 6) is -1.55. The van der Waals surface area contributed by atoms with Gasteiger partial charge in [0.05, 0.1) is 6.07 Å². The van der Waals surface area contributed by atoms with E-state index in [1.54, 1.807) is 59.7 Å². The van der Waals surface area contributed by atoms with E-state index in [1.165, 1.54) is 0 Å². The van der Waals surface area contributed by atoms with E-state index in [4.69, 9.17) is 4.74 Å². The van der Waals surface area contributed by atoms with Crippen LogP contribution in [0.2, 0.25) is 0 Å². The van der Waals surface area contributed by atoms with Crippen LogP contribution in [0, 0.1) is 24.2 Å². The van der Waals surface area contributed by atoms with Crippen molar-refractivity contribution >= 4 is 17.9 Å². The number of rotatable bonds is 8. The van der Waals surface area contributed by atoms with Crippen LogP contribution < -0.4 is 10.6 Å². The summed E-state index contributed by atoms with van der Waals surface area (Å²) >= 11 is 0. The number of ether oxygens (including phenoxy) is 1. The number of phenols is 1. The fraction of sp³-hybridized carbons (Fsp3) is 0.630. The van der Waals surface area contributed by atoms with Crippen molar-refractivity contribution in [3.8, 4) is 11.8 Å². The molecule has 0 spiro atoms. The summed E-state index contributed by atoms with van der Waals surface area (Å²) in [5, 5.41) is 26.1. The van der Waals surface area contributed by atoms with Gasteiger partial charge >= 0.3 is 6.09 Å². The third kappa shape index (κ3) is 7.87. The minimum absolute atomic E-state index is 0.0412. The van der Waals surface area contributed by atoms with E-state index in [0.717, 1.165) is 37.0 Å². The van der Waals surface area contributed by atoms with Crippen LogP contribution in [0.5, 0.6) is 5.75 Å². The molecule has 198 valence electrons. The molecule has 0 heterocycles. The molecular weight excluding hydrogens is 460 g/mol. The minimum atomic E-state index is -1.25. The quantitative estimate of drug-likeness (QED) is 0.461. The van der Waals surface area contributed by atoms with E-state index in [-0.39, 0.29) is 23.3 Å². The van der Waals surface area contributed by atoms with Gasteiger partial charge in [0, 0.05) is 11.6 Å². The first-order valence-corrected chi connectivity index (χ1v) is 12.6. The van der Waals surface area contributed by atoms with Crippen molar-refractivity contribution in [1.29, 1.82) is 5.26 Å². The molecule has 1 fully saturated rings. The Labute approximate surface area is 214 Å². The van der Waals surface area contributed by atoms with Crippen LogP contribution >= 0.6 is 0 Å². The van der Waals surface area contributed by atoms with Crippen molar-refractivity contribution in [1.82, 2.24) is 15.5 Å². The largest absolute Gasteiger partial charge is 0.507 e. The Hall–Kier alpha value is -3.28. The van der Waals surface area contributed by atoms with Crippen LogP contribution in [0.4, 0.5) is 4.79 Å². The van der Waals surface area contributed by atoms with Crippen LogP contribution in [0.25, 0.3) is 0 Å². The summed E-state index contributed by atoms with van der Waals surface area (Å²) < 4.78 is 5.33. The van der Waals surface area contributed by atoms with Crippen LogP contribution in [0.15, 0.2) is 18.2 Å². The molecule has 0 radical (unpaired) electrons. The first-order chi connectivity index (χ1) is 16.9. The van der Waals surface area contributed by atoms with E-state index < -0.39 is 42.1 Å². The Morgan fingerprint density at radius 3 is 2.39 bits per heavy atom. The lowest BCUT2D eigenvalue weighted by Gasteiger charge is -2.35. The minimum Gasteiger partial charge on any atom is -0.507 e. The van der Waals surface area contributed by atoms with Gasteiger partial charge in [0.25, 0.3) is 0 Å². The number of para-hydroxylation sites is 1. The standard InChI is InChI=1S/C27H40N4O5/c1-17(2)21(30-26(35)36-27(4,5)6)25(34)31(16-15-28)22(20-14-10-11-18(3)23(20)32)24(33)29-19-12-8-7-9-13-19/h10-11,14,17,19,21-22,32H,7-9,12-13,16H2,1-6H3,(H,29,33)(H,30,35). The van der Waals surface area contributed by atoms with Crippen molar-refractivity contribution in [3.05, 3.63) is 29.3 Å². The fourth-order valence-electron chi connectivity index (χ4n) is 4.38. The monoisotopic (exact) mass is 500 g/mol. The summed E-state index contributed by atoms with van der Waals surface area (Å²) in [6.07, 6.45) is 4.01. The van der Waals surface area contributed by atoms with Gasteiger partial charge in [-0.05, 0) is 52.0 Å². The van der Waals surface area contributed by atoms with Gasteiger partial charge < -0.3 is 25.4 Å². The molecule has 0 aromatic heterocycles. The Bertz CT molecular complexity index is 973. The van der Waals surface area contributed by atoms with Gasteiger partial charge in [-0.15, -0.1) is 0 Å². The van der Waals surface area contributed by atoms with Crippen LogP contribution in [-0.4, -0.2) is 52.1 Å². The fourth-order valence-corrected chi connectivity index (χ4v) is 4.38. The van der Waals surface area contributed by atoms with Gasteiger partial charge in [-0.3, -0.25) is 9.59 Å². The number of phenolic OH excluding ortho intramolecular Hbond substituents is 1. The normalized spacial score (nSPS) is 15.9. The van der Waals surface area contributed by atoms with E-state index in [9.17, 15) is 24.8 Å². The van der Waals surface area contributed by atoms with E-state index in [2.05, 4.69) is 10.6 Å². The molecule has 3 amide bonds. The number of carbonyl (C=O) groups is 3. The van der Waals surface area contributed by atoms with Crippen LogP contribution in [-0.2, 0) is 14.3 Å². The molecule has 1 aliphatic rings. The molecule has 1 aromatic rings. The summed E-state index contributed by atoms with van der Waals surface area (Å²) in [5.41, 5.74) is 0.00263. The maximum absolute atomic E-state index is 13.8. The number of hydrogen-bond acceptors (Lipinski definition) is 6. The highest BCUT2D eigenvalue weighted by molar-refractivity contribution is 5.93. The lowest BCUT2D eigenvalue weighted by molar-refractivity contribution is -0.143. The third-order valence-electron chi connectivity index (χ3n) is 6.20. The number of amides is 3. The number of nitrogens with zero attached hydrogens (tertiary/aromatic N) is 2. The summed E-state index contributed by atoms with van der Waals surface area (Å²) in [6.45, 7) is 9.95. The SMILES string of the molecule is Cc1cccc(C(C(=O)NC2CCCCC2)N(CC#N)C(=O)C(NC(=O)OC(C)(C)C)C(C)C)c1O. The number of aromatic hydroxyl groups is 1. The van der Waals surface area contributed by atoms with Gasteiger partial charge in [-0.25, -0.2) is 4.79 Å². The second kappa shape index (κ2) is 12.6. The van der Waals surface area contributed by atoms with Gasteiger partial charge in [-0.1, -0.05) is 51.3 Å². The van der Waals surface area contributed by atoms with Gasteiger partial charge in [0.2, 0.25) is 11.8 Å². The smallest absolute Gasteiger partial charge is 0.408 e. The van der Waals surface area contributed by atoms with Crippen molar-refractivity contribution < 1.29 is 24.2 Å². The number of benzene rings is 1. The Morgan fingerprint density at radius 2 is 1.83 bits per heavy atom. The molecule has 0 aliphatic heterocycles. The zero-order chi connectivity index (χ0) is 27.0. The highest BCUT2D eigenvalue weighted by Gasteiger charge is 2.39. The lowest BCUT2D eigenvalue weighted by Crippen LogP contribution is -2.55. The van der Waals surface area contributed by atoms with Crippen molar-refractivity contribution in [2.24, 2.45) is 5.92 Å². The number of nitriles is 1. The van der Waals surface area contributed by atoms with Crippen molar-refractivity contribution in [2.75, 3.05) is 6.54 Å². The molecule has 1 aromatic carbocycles.